The van der Waals surface area contributed by atoms with Crippen molar-refractivity contribution in [3.63, 3.8) is 0 Å². The number of carbonyl (C=O) groups is 1. The van der Waals surface area contributed by atoms with Gasteiger partial charge in [0.05, 0.1) is 20.9 Å². The molecule has 0 radical (unpaired) electrons. The van der Waals surface area contributed by atoms with Gasteiger partial charge in [0.15, 0.2) is 5.78 Å². The van der Waals surface area contributed by atoms with Crippen molar-refractivity contribution in [1.29, 1.82) is 0 Å². The van der Waals surface area contributed by atoms with Gasteiger partial charge >= 0.3 is 0 Å². The zero-order valence-electron chi connectivity index (χ0n) is 14.3. The average Bonchev–Trinajstić information content (AvgIpc) is 2.56. The third-order valence-corrected chi connectivity index (χ3v) is 4.59. The minimum Gasteiger partial charge on any atom is -0.341 e. The Morgan fingerprint density at radius 2 is 1.67 bits per heavy atom. The molecule has 0 aliphatic carbocycles. The number of hydrogen-bond acceptors (Lipinski definition) is 3. The van der Waals surface area contributed by atoms with Crippen molar-refractivity contribution in [3.8, 4) is 0 Å². The molecule has 2 N–H and O–H groups in total. The number of benzene rings is 2. The summed E-state index contributed by atoms with van der Waals surface area (Å²) in [6.45, 7) is 3.27. The average molecular weight is 411 g/mol. The van der Waals surface area contributed by atoms with E-state index in [1.807, 2.05) is 0 Å². The second kappa shape index (κ2) is 7.29. The minimum absolute atomic E-state index is 0.0135. The molecule has 140 valence electrons. The largest absolute Gasteiger partial charge is 0.341 e. The normalized spacial score (nSPS) is 11.2. The van der Waals surface area contributed by atoms with Gasteiger partial charge in [0.25, 0.3) is 0 Å². The van der Waals surface area contributed by atoms with E-state index in [0.717, 1.165) is 12.1 Å². The second-order valence-corrected chi connectivity index (χ2v) is 7.10. The monoisotopic (exact) mass is 410 g/mol. The van der Waals surface area contributed by atoms with E-state index in [4.69, 9.17) is 23.2 Å². The van der Waals surface area contributed by atoms with Crippen molar-refractivity contribution in [3.05, 3.63) is 67.8 Å². The molecule has 1 heterocycles. The van der Waals surface area contributed by atoms with Crippen LogP contribution in [-0.2, 0) is 0 Å². The van der Waals surface area contributed by atoms with E-state index in [2.05, 4.69) is 10.3 Å². The smallest absolute Gasteiger partial charge is 0.203 e. The number of hydrogen-bond donors (Lipinski definition) is 2. The number of halogens is 4. The van der Waals surface area contributed by atoms with E-state index in [-0.39, 0.29) is 38.0 Å². The molecule has 0 unspecified atom stereocenters. The van der Waals surface area contributed by atoms with Gasteiger partial charge in [-0.15, -0.1) is 0 Å². The number of Topliss-reactive ketones (excluding diaryl/α,β-unsaturated/α-hetero) is 1. The SMILES string of the molecule is CC(C)C(=O)c1c(Nc2cc(F)cc(F)c2)[nH]c2c(Cl)ccc(Cl)c2c1=O. The highest BCUT2D eigenvalue weighted by Crippen LogP contribution is 2.30. The summed E-state index contributed by atoms with van der Waals surface area (Å²) < 4.78 is 27.0. The number of rotatable bonds is 4. The summed E-state index contributed by atoms with van der Waals surface area (Å²) >= 11 is 12.3. The zero-order chi connectivity index (χ0) is 19.9. The fourth-order valence-electron chi connectivity index (χ4n) is 2.71. The molecular weight excluding hydrogens is 397 g/mol. The number of H-pyrrole nitrogens is 1. The topological polar surface area (TPSA) is 62.0 Å². The highest BCUT2D eigenvalue weighted by atomic mass is 35.5. The molecule has 0 fully saturated rings. The summed E-state index contributed by atoms with van der Waals surface area (Å²) in [5.41, 5.74) is -0.562. The Hall–Kier alpha value is -2.44. The molecule has 3 rings (SSSR count). The summed E-state index contributed by atoms with van der Waals surface area (Å²) in [6, 6.07) is 5.74. The third kappa shape index (κ3) is 3.68. The van der Waals surface area contributed by atoms with Crippen LogP contribution >= 0.6 is 23.2 Å². The number of carbonyl (C=O) groups excluding carboxylic acids is 1. The molecule has 0 saturated carbocycles. The Morgan fingerprint density at radius 1 is 1.07 bits per heavy atom. The minimum atomic E-state index is -0.807. The quantitative estimate of drug-likeness (QED) is 0.542. The first-order valence-corrected chi connectivity index (χ1v) is 8.76. The molecule has 0 atom stereocenters. The third-order valence-electron chi connectivity index (χ3n) is 3.96. The van der Waals surface area contributed by atoms with Crippen LogP contribution in [0.25, 0.3) is 10.9 Å². The van der Waals surface area contributed by atoms with Gasteiger partial charge in [-0.25, -0.2) is 8.78 Å². The van der Waals surface area contributed by atoms with Crippen molar-refractivity contribution in [2.24, 2.45) is 5.92 Å². The number of nitrogens with one attached hydrogen (secondary N) is 2. The number of aromatic nitrogens is 1. The maximum Gasteiger partial charge on any atom is 0.203 e. The molecule has 27 heavy (non-hydrogen) atoms. The molecular formula is C19H14Cl2F2N2O2. The maximum absolute atomic E-state index is 13.5. The van der Waals surface area contributed by atoms with E-state index >= 15 is 0 Å². The summed E-state index contributed by atoms with van der Waals surface area (Å²) in [5, 5.41) is 3.13. The van der Waals surface area contributed by atoms with Gasteiger partial charge < -0.3 is 10.3 Å². The predicted octanol–water partition coefficient (Wildman–Crippen LogP) is 5.70. The van der Waals surface area contributed by atoms with Crippen LogP contribution in [0.5, 0.6) is 0 Å². The fourth-order valence-corrected chi connectivity index (χ4v) is 3.16. The Kier molecular flexibility index (Phi) is 5.22. The lowest BCUT2D eigenvalue weighted by molar-refractivity contribution is 0.0939. The number of pyridine rings is 1. The van der Waals surface area contributed by atoms with Gasteiger partial charge in [-0.3, -0.25) is 9.59 Å². The van der Waals surface area contributed by atoms with Crippen LogP contribution in [0.15, 0.2) is 35.1 Å². The first kappa shape index (κ1) is 19.3. The van der Waals surface area contributed by atoms with Gasteiger partial charge in [-0.05, 0) is 24.3 Å². The number of fused-ring (bicyclic) bond motifs is 1. The summed E-state index contributed by atoms with van der Waals surface area (Å²) in [4.78, 5) is 28.6. The van der Waals surface area contributed by atoms with E-state index < -0.39 is 28.8 Å². The molecule has 0 bridgehead atoms. The Balaban J connectivity index is 2.32. The molecule has 4 nitrogen and oxygen atoms in total. The highest BCUT2D eigenvalue weighted by Gasteiger charge is 2.23. The van der Waals surface area contributed by atoms with Gasteiger partial charge in [0.1, 0.15) is 23.0 Å². The molecule has 1 aromatic heterocycles. The molecule has 3 aromatic rings. The predicted molar refractivity (Wildman–Crippen MR) is 103 cm³/mol. The van der Waals surface area contributed by atoms with Crippen molar-refractivity contribution >= 4 is 51.4 Å². The van der Waals surface area contributed by atoms with Crippen LogP contribution in [0.4, 0.5) is 20.3 Å². The highest BCUT2D eigenvalue weighted by molar-refractivity contribution is 6.40. The van der Waals surface area contributed by atoms with E-state index in [1.54, 1.807) is 13.8 Å². The summed E-state index contributed by atoms with van der Waals surface area (Å²) in [5.74, 6) is -2.57. The molecule has 8 heteroatoms. The summed E-state index contributed by atoms with van der Waals surface area (Å²) in [7, 11) is 0. The van der Waals surface area contributed by atoms with Crippen LogP contribution in [0, 0.1) is 17.6 Å². The van der Waals surface area contributed by atoms with Crippen molar-refractivity contribution in [1.82, 2.24) is 4.98 Å². The van der Waals surface area contributed by atoms with Crippen LogP contribution in [-0.4, -0.2) is 10.8 Å². The summed E-state index contributed by atoms with van der Waals surface area (Å²) in [6.07, 6.45) is 0. The molecule has 0 saturated heterocycles. The van der Waals surface area contributed by atoms with E-state index in [1.165, 1.54) is 12.1 Å². The van der Waals surface area contributed by atoms with E-state index in [0.29, 0.717) is 6.07 Å². The van der Waals surface area contributed by atoms with Gasteiger partial charge in [-0.2, -0.15) is 0 Å². The molecule has 0 amide bonds. The number of ketones is 1. The fraction of sp³-hybridized carbons (Fsp3) is 0.158. The van der Waals surface area contributed by atoms with Gasteiger partial charge in [0, 0.05) is 17.7 Å². The first-order chi connectivity index (χ1) is 12.7. The number of aromatic amines is 1. The van der Waals surface area contributed by atoms with Crippen LogP contribution < -0.4 is 10.7 Å². The standard InChI is InChI=1S/C19H14Cl2F2N2O2/c1-8(2)17(26)15-18(27)14-12(20)3-4-13(21)16(14)25-19(15)24-11-6-9(22)5-10(23)7-11/h3-8H,1-2H3,(H2,24,25,27). The Morgan fingerprint density at radius 3 is 2.26 bits per heavy atom. The lowest BCUT2D eigenvalue weighted by atomic mass is 9.99. The van der Waals surface area contributed by atoms with Crippen molar-refractivity contribution in [2.75, 3.05) is 5.32 Å². The maximum atomic E-state index is 13.5. The molecule has 0 aliphatic rings. The Labute approximate surface area is 163 Å². The number of anilines is 2. The first-order valence-electron chi connectivity index (χ1n) is 8.00. The Bertz CT molecular complexity index is 1110. The van der Waals surface area contributed by atoms with E-state index in [9.17, 15) is 18.4 Å². The van der Waals surface area contributed by atoms with Crippen LogP contribution in [0.2, 0.25) is 10.0 Å². The van der Waals surface area contributed by atoms with Gasteiger partial charge in [0.2, 0.25) is 5.43 Å². The lowest BCUT2D eigenvalue weighted by Crippen LogP contribution is -2.22. The molecule has 0 spiro atoms. The van der Waals surface area contributed by atoms with Crippen LogP contribution in [0.3, 0.4) is 0 Å². The van der Waals surface area contributed by atoms with Gasteiger partial charge in [-0.1, -0.05) is 37.0 Å². The lowest BCUT2D eigenvalue weighted by Gasteiger charge is -2.15. The van der Waals surface area contributed by atoms with Crippen molar-refractivity contribution in [2.45, 2.75) is 13.8 Å². The molecule has 2 aromatic carbocycles. The molecule has 0 aliphatic heterocycles. The second-order valence-electron chi connectivity index (χ2n) is 6.29. The van der Waals surface area contributed by atoms with Crippen molar-refractivity contribution < 1.29 is 13.6 Å². The van der Waals surface area contributed by atoms with Crippen LogP contribution in [0.1, 0.15) is 24.2 Å². The zero-order valence-corrected chi connectivity index (χ0v) is 15.8.